The zero-order valence-corrected chi connectivity index (χ0v) is 11.0. The number of hydrogen-bond acceptors (Lipinski definition) is 2. The molecule has 4 heteroatoms. The molecule has 1 amide bonds. The molecule has 1 N–H and O–H groups in total. The normalized spacial score (nSPS) is 21.8. The molecule has 0 atom stereocenters. The lowest BCUT2D eigenvalue weighted by Gasteiger charge is -2.26. The van der Waals surface area contributed by atoms with Gasteiger partial charge in [-0.1, -0.05) is 12.1 Å². The molecule has 1 heterocycles. The van der Waals surface area contributed by atoms with Gasteiger partial charge < -0.3 is 10.2 Å². The summed E-state index contributed by atoms with van der Waals surface area (Å²) in [6, 6.07) is 6.42. The van der Waals surface area contributed by atoms with Crippen molar-refractivity contribution in [2.24, 2.45) is 0 Å². The van der Waals surface area contributed by atoms with Crippen LogP contribution >= 0.6 is 0 Å². The number of nitrogens with zero attached hydrogens (tertiary/aromatic N) is 1. The summed E-state index contributed by atoms with van der Waals surface area (Å²) in [6.45, 7) is 3.45. The summed E-state index contributed by atoms with van der Waals surface area (Å²) in [5.41, 5.74) is 0.606. The third-order valence-corrected chi connectivity index (χ3v) is 4.18. The maximum absolute atomic E-state index is 13.0. The molecule has 0 unspecified atom stereocenters. The van der Waals surface area contributed by atoms with Gasteiger partial charge >= 0.3 is 0 Å². The Morgan fingerprint density at radius 3 is 2.58 bits per heavy atom. The third kappa shape index (κ3) is 2.37. The van der Waals surface area contributed by atoms with Crippen molar-refractivity contribution in [2.75, 3.05) is 26.2 Å². The van der Waals surface area contributed by atoms with Crippen molar-refractivity contribution >= 4 is 5.91 Å². The van der Waals surface area contributed by atoms with Crippen molar-refractivity contribution in [3.8, 4) is 0 Å². The lowest BCUT2D eigenvalue weighted by Crippen LogP contribution is -2.41. The van der Waals surface area contributed by atoms with E-state index >= 15 is 0 Å². The molecule has 3 rings (SSSR count). The first-order valence-electron chi connectivity index (χ1n) is 6.98. The largest absolute Gasteiger partial charge is 0.341 e. The molecular formula is C15H19FN2O. The van der Waals surface area contributed by atoms with Crippen LogP contribution in [0.4, 0.5) is 4.39 Å². The molecule has 3 nitrogen and oxygen atoms in total. The van der Waals surface area contributed by atoms with Gasteiger partial charge in [0.05, 0.1) is 5.41 Å². The second kappa shape index (κ2) is 4.93. The van der Waals surface area contributed by atoms with Crippen molar-refractivity contribution in [1.29, 1.82) is 0 Å². The monoisotopic (exact) mass is 262 g/mol. The number of hydrogen-bond donors (Lipinski definition) is 1. The van der Waals surface area contributed by atoms with Crippen molar-refractivity contribution in [2.45, 2.75) is 24.7 Å². The summed E-state index contributed by atoms with van der Waals surface area (Å²) >= 11 is 0. The van der Waals surface area contributed by atoms with Crippen LogP contribution in [0, 0.1) is 5.82 Å². The highest BCUT2D eigenvalue weighted by Gasteiger charge is 2.52. The fraction of sp³-hybridized carbons (Fsp3) is 0.533. The van der Waals surface area contributed by atoms with Crippen molar-refractivity contribution in [3.63, 3.8) is 0 Å². The molecule has 102 valence electrons. The zero-order chi connectivity index (χ0) is 13.3. The summed E-state index contributed by atoms with van der Waals surface area (Å²) in [5.74, 6) is -0.0196. The fourth-order valence-corrected chi connectivity index (χ4v) is 2.87. The predicted octanol–water partition coefficient (Wildman–Crippen LogP) is 1.68. The van der Waals surface area contributed by atoms with Crippen LogP contribution in [0.15, 0.2) is 24.3 Å². The van der Waals surface area contributed by atoms with E-state index in [1.54, 1.807) is 12.1 Å². The highest BCUT2D eigenvalue weighted by Crippen LogP contribution is 2.49. The summed E-state index contributed by atoms with van der Waals surface area (Å²) in [6.07, 6.45) is 2.79. The van der Waals surface area contributed by atoms with Crippen LogP contribution in [0.3, 0.4) is 0 Å². The number of amides is 1. The number of carbonyl (C=O) groups is 1. The van der Waals surface area contributed by atoms with Gasteiger partial charge in [0, 0.05) is 19.6 Å². The smallest absolute Gasteiger partial charge is 0.233 e. The second-order valence-electron chi connectivity index (χ2n) is 5.48. The standard InChI is InChI=1S/C15H19FN2O/c16-13-4-2-12(3-5-13)15(6-7-15)14(19)18-10-1-8-17-9-11-18/h2-5,17H,1,6-11H2. The first-order valence-corrected chi connectivity index (χ1v) is 6.98. The number of benzene rings is 1. The highest BCUT2D eigenvalue weighted by atomic mass is 19.1. The third-order valence-electron chi connectivity index (χ3n) is 4.18. The summed E-state index contributed by atoms with van der Waals surface area (Å²) < 4.78 is 13.0. The van der Waals surface area contributed by atoms with Gasteiger partial charge in [-0.15, -0.1) is 0 Å². The van der Waals surface area contributed by atoms with Crippen LogP contribution in [0.5, 0.6) is 0 Å². The van der Waals surface area contributed by atoms with Gasteiger partial charge in [-0.3, -0.25) is 4.79 Å². The maximum Gasteiger partial charge on any atom is 0.233 e. The first-order chi connectivity index (χ1) is 9.22. The van der Waals surface area contributed by atoms with E-state index in [4.69, 9.17) is 0 Å². The van der Waals surface area contributed by atoms with Gasteiger partial charge in [-0.25, -0.2) is 4.39 Å². The van der Waals surface area contributed by atoms with Crippen LogP contribution in [-0.4, -0.2) is 37.0 Å². The minimum Gasteiger partial charge on any atom is -0.341 e. The van der Waals surface area contributed by atoms with Gasteiger partial charge in [0.2, 0.25) is 5.91 Å². The van der Waals surface area contributed by atoms with Crippen LogP contribution < -0.4 is 5.32 Å². The van der Waals surface area contributed by atoms with E-state index < -0.39 is 0 Å². The van der Waals surface area contributed by atoms with E-state index in [1.807, 2.05) is 4.90 Å². The quantitative estimate of drug-likeness (QED) is 0.879. The zero-order valence-electron chi connectivity index (χ0n) is 11.0. The predicted molar refractivity (Wildman–Crippen MR) is 71.4 cm³/mol. The molecule has 1 saturated carbocycles. The van der Waals surface area contributed by atoms with Gasteiger partial charge in [0.25, 0.3) is 0 Å². The molecule has 0 aromatic heterocycles. The lowest BCUT2D eigenvalue weighted by molar-refractivity contribution is -0.133. The average Bonchev–Trinajstić information content (AvgIpc) is 3.24. The van der Waals surface area contributed by atoms with Crippen LogP contribution in [0.1, 0.15) is 24.8 Å². The molecular weight excluding hydrogens is 243 g/mol. The minimum absolute atomic E-state index is 0.225. The Morgan fingerprint density at radius 1 is 1.16 bits per heavy atom. The van der Waals surface area contributed by atoms with Gasteiger partial charge in [-0.05, 0) is 43.5 Å². The molecule has 1 aromatic rings. The number of nitrogens with one attached hydrogen (secondary N) is 1. The van der Waals surface area contributed by atoms with E-state index in [0.29, 0.717) is 0 Å². The van der Waals surface area contributed by atoms with Crippen LogP contribution in [-0.2, 0) is 10.2 Å². The lowest BCUT2D eigenvalue weighted by atomic mass is 9.94. The highest BCUT2D eigenvalue weighted by molar-refractivity contribution is 5.91. The van der Waals surface area contributed by atoms with Crippen LogP contribution in [0.2, 0.25) is 0 Å². The molecule has 1 aromatic carbocycles. The van der Waals surface area contributed by atoms with E-state index in [1.165, 1.54) is 12.1 Å². The number of rotatable bonds is 2. The van der Waals surface area contributed by atoms with Gasteiger partial charge in [0.1, 0.15) is 5.82 Å². The van der Waals surface area contributed by atoms with Crippen LogP contribution in [0.25, 0.3) is 0 Å². The van der Waals surface area contributed by atoms with E-state index in [-0.39, 0.29) is 17.1 Å². The average molecular weight is 262 g/mol. The van der Waals surface area contributed by atoms with Crippen molar-refractivity contribution in [1.82, 2.24) is 10.2 Å². The number of carbonyl (C=O) groups excluding carboxylic acids is 1. The Balaban J connectivity index is 1.80. The van der Waals surface area contributed by atoms with E-state index in [2.05, 4.69) is 5.32 Å². The Kier molecular flexibility index (Phi) is 3.27. The molecule has 19 heavy (non-hydrogen) atoms. The summed E-state index contributed by atoms with van der Waals surface area (Å²) in [5, 5.41) is 3.31. The molecule has 2 fully saturated rings. The molecule has 0 radical (unpaired) electrons. The Bertz CT molecular complexity index is 460. The van der Waals surface area contributed by atoms with E-state index in [0.717, 1.165) is 51.0 Å². The minimum atomic E-state index is -0.363. The topological polar surface area (TPSA) is 32.3 Å². The molecule has 0 bridgehead atoms. The van der Waals surface area contributed by atoms with E-state index in [9.17, 15) is 9.18 Å². The Morgan fingerprint density at radius 2 is 1.89 bits per heavy atom. The van der Waals surface area contributed by atoms with Gasteiger partial charge in [0.15, 0.2) is 0 Å². The molecule has 1 aliphatic carbocycles. The first kappa shape index (κ1) is 12.6. The maximum atomic E-state index is 13.0. The summed E-state index contributed by atoms with van der Waals surface area (Å²) in [4.78, 5) is 14.7. The Labute approximate surface area is 112 Å². The summed E-state index contributed by atoms with van der Waals surface area (Å²) in [7, 11) is 0. The Hall–Kier alpha value is -1.42. The molecule has 0 spiro atoms. The second-order valence-corrected chi connectivity index (χ2v) is 5.48. The fourth-order valence-electron chi connectivity index (χ4n) is 2.87. The van der Waals surface area contributed by atoms with Crippen molar-refractivity contribution < 1.29 is 9.18 Å². The van der Waals surface area contributed by atoms with Gasteiger partial charge in [-0.2, -0.15) is 0 Å². The van der Waals surface area contributed by atoms with Crippen molar-refractivity contribution in [3.05, 3.63) is 35.6 Å². The SMILES string of the molecule is O=C(N1CCCNCC1)C1(c2ccc(F)cc2)CC1. The number of halogens is 1. The molecule has 1 saturated heterocycles. The molecule has 1 aliphatic heterocycles. The molecule has 2 aliphatic rings.